The molecule has 1 aliphatic rings. The van der Waals surface area contributed by atoms with Crippen molar-refractivity contribution in [2.75, 3.05) is 23.3 Å². The van der Waals surface area contributed by atoms with Gasteiger partial charge in [0.25, 0.3) is 5.91 Å². The van der Waals surface area contributed by atoms with Crippen molar-refractivity contribution in [2.45, 2.75) is 12.8 Å². The van der Waals surface area contributed by atoms with Gasteiger partial charge in [0.1, 0.15) is 5.56 Å². The van der Waals surface area contributed by atoms with Crippen LogP contribution in [0.5, 0.6) is 0 Å². The van der Waals surface area contributed by atoms with Crippen LogP contribution in [-0.2, 0) is 0 Å². The molecule has 0 saturated carbocycles. The van der Waals surface area contributed by atoms with Gasteiger partial charge in [-0.15, -0.1) is 0 Å². The van der Waals surface area contributed by atoms with Gasteiger partial charge in [0.2, 0.25) is 0 Å². The summed E-state index contributed by atoms with van der Waals surface area (Å²) in [4.78, 5) is 28.8. The Hall–Kier alpha value is -2.56. The number of aromatic amines is 1. The number of amides is 1. The van der Waals surface area contributed by atoms with Crippen molar-refractivity contribution in [1.82, 2.24) is 4.98 Å². The Bertz CT molecular complexity index is 702. The van der Waals surface area contributed by atoms with Gasteiger partial charge in [-0.2, -0.15) is 0 Å². The average molecular weight is 283 g/mol. The number of aromatic nitrogens is 1. The minimum atomic E-state index is -0.393. The van der Waals surface area contributed by atoms with E-state index in [9.17, 15) is 9.59 Å². The van der Waals surface area contributed by atoms with Gasteiger partial charge in [-0.05, 0) is 31.0 Å². The Labute approximate surface area is 122 Å². The highest BCUT2D eigenvalue weighted by Crippen LogP contribution is 2.23. The molecule has 5 nitrogen and oxygen atoms in total. The molecule has 1 amide bonds. The summed E-state index contributed by atoms with van der Waals surface area (Å²) in [6.45, 7) is 2.10. The van der Waals surface area contributed by atoms with E-state index in [1.807, 2.05) is 24.3 Å². The van der Waals surface area contributed by atoms with E-state index in [1.165, 1.54) is 31.3 Å². The van der Waals surface area contributed by atoms with Gasteiger partial charge >= 0.3 is 0 Å². The largest absolute Gasteiger partial charge is 0.371 e. The zero-order valence-corrected chi connectivity index (χ0v) is 11.6. The molecular formula is C16H17N3O2. The number of anilines is 2. The van der Waals surface area contributed by atoms with Crippen LogP contribution in [0, 0.1) is 0 Å². The molecule has 5 heteroatoms. The number of hydrogen-bond acceptors (Lipinski definition) is 3. The lowest BCUT2D eigenvalue weighted by molar-refractivity contribution is 0.102. The fraction of sp³-hybridized carbons (Fsp3) is 0.250. The highest BCUT2D eigenvalue weighted by Gasteiger charge is 2.14. The van der Waals surface area contributed by atoms with Gasteiger partial charge in [-0.3, -0.25) is 9.59 Å². The van der Waals surface area contributed by atoms with E-state index in [2.05, 4.69) is 15.2 Å². The third-order valence-electron chi connectivity index (χ3n) is 3.64. The molecule has 2 aromatic rings. The number of nitrogens with zero attached hydrogens (tertiary/aromatic N) is 1. The van der Waals surface area contributed by atoms with Crippen molar-refractivity contribution >= 4 is 17.3 Å². The number of rotatable bonds is 3. The zero-order valence-electron chi connectivity index (χ0n) is 11.6. The first-order chi connectivity index (χ1) is 10.2. The highest BCUT2D eigenvalue weighted by atomic mass is 16.2. The Balaban J connectivity index is 1.79. The van der Waals surface area contributed by atoms with Crippen molar-refractivity contribution in [3.63, 3.8) is 0 Å². The minimum absolute atomic E-state index is 0.115. The van der Waals surface area contributed by atoms with Crippen molar-refractivity contribution in [3.05, 3.63) is 58.5 Å². The fourth-order valence-electron chi connectivity index (χ4n) is 2.55. The monoisotopic (exact) mass is 283 g/mol. The summed E-state index contributed by atoms with van der Waals surface area (Å²) in [5.41, 5.74) is 1.63. The van der Waals surface area contributed by atoms with E-state index in [1.54, 1.807) is 0 Å². The van der Waals surface area contributed by atoms with Crippen LogP contribution >= 0.6 is 0 Å². The van der Waals surface area contributed by atoms with Gasteiger partial charge in [0.15, 0.2) is 5.43 Å². The third-order valence-corrected chi connectivity index (χ3v) is 3.64. The molecular weight excluding hydrogens is 266 g/mol. The number of carbonyl (C=O) groups excluding carboxylic acids is 1. The standard InChI is InChI=1S/C16H17N3O2/c20-15-6-7-17-11-14(15)16(21)18-12-4-3-5-13(10-12)19-8-1-2-9-19/h3-7,10-11H,1-2,8-9H2,(H,17,20)(H,18,21). The lowest BCUT2D eigenvalue weighted by atomic mass is 10.2. The second-order valence-electron chi connectivity index (χ2n) is 5.12. The summed E-state index contributed by atoms with van der Waals surface area (Å²) in [6.07, 6.45) is 5.33. The number of nitrogens with one attached hydrogen (secondary N) is 2. The summed E-state index contributed by atoms with van der Waals surface area (Å²) in [6, 6.07) is 9.07. The lowest BCUT2D eigenvalue weighted by Gasteiger charge is -2.18. The summed E-state index contributed by atoms with van der Waals surface area (Å²) in [5.74, 6) is -0.393. The molecule has 21 heavy (non-hydrogen) atoms. The number of pyridine rings is 1. The summed E-state index contributed by atoms with van der Waals surface area (Å²) >= 11 is 0. The van der Waals surface area contributed by atoms with Gasteiger partial charge in [0.05, 0.1) is 0 Å². The molecule has 1 aromatic carbocycles. The quantitative estimate of drug-likeness (QED) is 0.908. The molecule has 1 aromatic heterocycles. The van der Waals surface area contributed by atoms with Crippen molar-refractivity contribution in [3.8, 4) is 0 Å². The van der Waals surface area contributed by atoms with Crippen LogP contribution in [-0.4, -0.2) is 24.0 Å². The molecule has 0 bridgehead atoms. The molecule has 1 fully saturated rings. The van der Waals surface area contributed by atoms with Gasteiger partial charge < -0.3 is 15.2 Å². The molecule has 0 aliphatic carbocycles. The Morgan fingerprint density at radius 3 is 2.76 bits per heavy atom. The van der Waals surface area contributed by atoms with Crippen molar-refractivity contribution in [2.24, 2.45) is 0 Å². The molecule has 2 heterocycles. The fourth-order valence-corrected chi connectivity index (χ4v) is 2.55. The van der Waals surface area contributed by atoms with Crippen LogP contribution < -0.4 is 15.6 Å². The predicted octanol–water partition coefficient (Wildman–Crippen LogP) is 2.23. The number of hydrogen-bond donors (Lipinski definition) is 2. The first kappa shape index (κ1) is 13.4. The first-order valence-electron chi connectivity index (χ1n) is 7.07. The van der Waals surface area contributed by atoms with E-state index in [0.29, 0.717) is 5.69 Å². The van der Waals surface area contributed by atoms with Crippen LogP contribution in [0.2, 0.25) is 0 Å². The second kappa shape index (κ2) is 5.83. The summed E-state index contributed by atoms with van der Waals surface area (Å²) in [7, 11) is 0. The third kappa shape index (κ3) is 2.97. The topological polar surface area (TPSA) is 65.2 Å². The molecule has 0 radical (unpaired) electrons. The maximum Gasteiger partial charge on any atom is 0.261 e. The van der Waals surface area contributed by atoms with Crippen LogP contribution in [0.15, 0.2) is 47.5 Å². The molecule has 0 atom stereocenters. The molecule has 1 aliphatic heterocycles. The molecule has 3 rings (SSSR count). The minimum Gasteiger partial charge on any atom is -0.371 e. The van der Waals surface area contributed by atoms with Crippen LogP contribution in [0.3, 0.4) is 0 Å². The molecule has 0 spiro atoms. The first-order valence-corrected chi connectivity index (χ1v) is 7.07. The smallest absolute Gasteiger partial charge is 0.261 e. The van der Waals surface area contributed by atoms with E-state index in [4.69, 9.17) is 0 Å². The van der Waals surface area contributed by atoms with Crippen molar-refractivity contribution < 1.29 is 4.79 Å². The summed E-state index contributed by atoms with van der Waals surface area (Å²) in [5, 5.41) is 2.78. The Morgan fingerprint density at radius 1 is 1.19 bits per heavy atom. The van der Waals surface area contributed by atoms with Crippen LogP contribution in [0.25, 0.3) is 0 Å². The normalized spacial score (nSPS) is 14.2. The zero-order chi connectivity index (χ0) is 14.7. The molecule has 0 unspecified atom stereocenters. The lowest BCUT2D eigenvalue weighted by Crippen LogP contribution is -2.21. The average Bonchev–Trinajstić information content (AvgIpc) is 3.02. The van der Waals surface area contributed by atoms with E-state index >= 15 is 0 Å². The van der Waals surface area contributed by atoms with Gasteiger partial charge in [-0.1, -0.05) is 6.07 Å². The molecule has 1 saturated heterocycles. The maximum absolute atomic E-state index is 12.1. The maximum atomic E-state index is 12.1. The second-order valence-corrected chi connectivity index (χ2v) is 5.12. The Morgan fingerprint density at radius 2 is 2.00 bits per heavy atom. The van der Waals surface area contributed by atoms with Gasteiger partial charge in [0, 0.05) is 42.9 Å². The van der Waals surface area contributed by atoms with Crippen molar-refractivity contribution in [1.29, 1.82) is 0 Å². The number of H-pyrrole nitrogens is 1. The molecule has 108 valence electrons. The SMILES string of the molecule is O=C(Nc1cccc(N2CCCC2)c1)c1c[nH]ccc1=O. The van der Waals surface area contributed by atoms with Crippen LogP contribution in [0.1, 0.15) is 23.2 Å². The highest BCUT2D eigenvalue weighted by molar-refractivity contribution is 6.04. The van der Waals surface area contributed by atoms with E-state index in [0.717, 1.165) is 18.8 Å². The van der Waals surface area contributed by atoms with Gasteiger partial charge in [-0.25, -0.2) is 0 Å². The molecule has 2 N–H and O–H groups in total. The number of carbonyl (C=O) groups is 1. The van der Waals surface area contributed by atoms with E-state index < -0.39 is 5.91 Å². The predicted molar refractivity (Wildman–Crippen MR) is 82.9 cm³/mol. The Kier molecular flexibility index (Phi) is 3.73. The van der Waals surface area contributed by atoms with E-state index in [-0.39, 0.29) is 11.0 Å². The summed E-state index contributed by atoms with van der Waals surface area (Å²) < 4.78 is 0. The van der Waals surface area contributed by atoms with Crippen LogP contribution in [0.4, 0.5) is 11.4 Å². The number of benzene rings is 1.